The molecule has 2 aromatic rings. The maximum absolute atomic E-state index is 11.9. The van der Waals surface area contributed by atoms with Crippen LogP contribution in [0.1, 0.15) is 32.8 Å². The third-order valence-corrected chi connectivity index (χ3v) is 4.02. The lowest BCUT2D eigenvalue weighted by Gasteiger charge is -2.24. The van der Waals surface area contributed by atoms with Crippen molar-refractivity contribution in [1.29, 1.82) is 0 Å². The molecule has 0 spiro atoms. The maximum Gasteiger partial charge on any atom is 0.336 e. The largest absolute Gasteiger partial charge is 0.482 e. The second-order valence-corrected chi connectivity index (χ2v) is 6.51. The van der Waals surface area contributed by atoms with E-state index in [0.717, 1.165) is 17.4 Å². The van der Waals surface area contributed by atoms with Crippen molar-refractivity contribution in [2.75, 3.05) is 6.61 Å². The van der Waals surface area contributed by atoms with Crippen LogP contribution in [-0.4, -0.2) is 18.1 Å². The molecule has 0 radical (unpaired) electrons. The van der Waals surface area contributed by atoms with Crippen LogP contribution in [0.2, 0.25) is 5.02 Å². The molecule has 0 fully saturated rings. The van der Waals surface area contributed by atoms with Gasteiger partial charge in [0.1, 0.15) is 11.3 Å². The smallest absolute Gasteiger partial charge is 0.336 e. The molecule has 23 heavy (non-hydrogen) atoms. The molecule has 0 unspecified atom stereocenters. The molecule has 0 atom stereocenters. The highest BCUT2D eigenvalue weighted by Crippen LogP contribution is 2.30. The molecule has 6 heteroatoms. The Kier molecular flexibility index (Phi) is 5.00. The monoisotopic (exact) mass is 337 g/mol. The summed E-state index contributed by atoms with van der Waals surface area (Å²) < 4.78 is 10.6. The molecule has 1 amide bonds. The lowest BCUT2D eigenvalue weighted by atomic mass is 10.0. The molecule has 1 aromatic carbocycles. The highest BCUT2D eigenvalue weighted by atomic mass is 35.5. The minimum absolute atomic E-state index is 0.162. The molecule has 0 aliphatic carbocycles. The molecule has 0 aliphatic rings. The van der Waals surface area contributed by atoms with Crippen LogP contribution in [0.5, 0.6) is 5.75 Å². The van der Waals surface area contributed by atoms with Crippen LogP contribution < -0.4 is 15.7 Å². The van der Waals surface area contributed by atoms with E-state index in [1.807, 2.05) is 20.8 Å². The number of aryl methyl sites for hydroxylation is 1. The standard InChI is InChI=1S/C17H20ClNO4/c1-5-17(3,4)19-15(20)9-22-14-8-13-11(7-12(14)18)10(2)6-16(21)23-13/h6-8H,5,9H2,1-4H3,(H,19,20). The summed E-state index contributed by atoms with van der Waals surface area (Å²) in [6.07, 6.45) is 0.805. The Labute approximate surface area is 139 Å². The van der Waals surface area contributed by atoms with Gasteiger partial charge in [0.25, 0.3) is 5.91 Å². The number of hydrogen-bond acceptors (Lipinski definition) is 4. The molecule has 2 rings (SSSR count). The summed E-state index contributed by atoms with van der Waals surface area (Å²) in [5, 5.41) is 3.96. The summed E-state index contributed by atoms with van der Waals surface area (Å²) in [5.74, 6) is 0.0658. The van der Waals surface area contributed by atoms with Crippen molar-refractivity contribution in [2.45, 2.75) is 39.7 Å². The van der Waals surface area contributed by atoms with E-state index < -0.39 is 5.63 Å². The number of rotatable bonds is 5. The quantitative estimate of drug-likeness (QED) is 0.848. The Hall–Kier alpha value is -2.01. The first-order valence-electron chi connectivity index (χ1n) is 7.39. The minimum Gasteiger partial charge on any atom is -0.482 e. The van der Waals surface area contributed by atoms with Crippen molar-refractivity contribution in [3.8, 4) is 5.75 Å². The summed E-state index contributed by atoms with van der Waals surface area (Å²) in [7, 11) is 0. The highest BCUT2D eigenvalue weighted by molar-refractivity contribution is 6.32. The van der Waals surface area contributed by atoms with Crippen LogP contribution in [0.4, 0.5) is 0 Å². The molecule has 0 saturated heterocycles. The van der Waals surface area contributed by atoms with E-state index >= 15 is 0 Å². The molecular weight excluding hydrogens is 318 g/mol. The minimum atomic E-state index is -0.439. The molecule has 0 aliphatic heterocycles. The predicted octanol–water partition coefficient (Wildman–Crippen LogP) is 3.44. The van der Waals surface area contributed by atoms with Crippen LogP contribution in [-0.2, 0) is 4.79 Å². The van der Waals surface area contributed by atoms with Crippen LogP contribution >= 0.6 is 11.6 Å². The second-order valence-electron chi connectivity index (χ2n) is 6.10. The van der Waals surface area contributed by atoms with Crippen molar-refractivity contribution in [2.24, 2.45) is 0 Å². The number of halogens is 1. The molecule has 124 valence electrons. The number of hydrogen-bond donors (Lipinski definition) is 1. The van der Waals surface area contributed by atoms with Gasteiger partial charge in [-0.15, -0.1) is 0 Å². The Morgan fingerprint density at radius 2 is 2.04 bits per heavy atom. The summed E-state index contributed by atoms with van der Waals surface area (Å²) in [6, 6.07) is 4.60. The van der Waals surface area contributed by atoms with Crippen molar-refractivity contribution in [3.05, 3.63) is 39.2 Å². The average Bonchev–Trinajstić information content (AvgIpc) is 2.45. The van der Waals surface area contributed by atoms with Crippen LogP contribution in [0.15, 0.2) is 27.4 Å². The van der Waals surface area contributed by atoms with Gasteiger partial charge in [-0.3, -0.25) is 4.79 Å². The van der Waals surface area contributed by atoms with Gasteiger partial charge in [0.2, 0.25) is 0 Å². The van der Waals surface area contributed by atoms with Crippen molar-refractivity contribution >= 4 is 28.5 Å². The fourth-order valence-corrected chi connectivity index (χ4v) is 2.29. The molecular formula is C17H20ClNO4. The highest BCUT2D eigenvalue weighted by Gasteiger charge is 2.18. The third-order valence-electron chi connectivity index (χ3n) is 3.72. The van der Waals surface area contributed by atoms with E-state index in [2.05, 4.69) is 5.32 Å². The Bertz CT molecular complexity index is 795. The first-order valence-corrected chi connectivity index (χ1v) is 7.77. The third kappa shape index (κ3) is 4.26. The van der Waals surface area contributed by atoms with Gasteiger partial charge >= 0.3 is 5.63 Å². The molecule has 0 saturated carbocycles. The molecule has 1 heterocycles. The molecule has 5 nitrogen and oxygen atoms in total. The summed E-state index contributed by atoms with van der Waals surface area (Å²) in [4.78, 5) is 23.4. The molecule has 0 bridgehead atoms. The lowest BCUT2D eigenvalue weighted by molar-refractivity contribution is -0.124. The van der Waals surface area contributed by atoms with Gasteiger partial charge in [0.15, 0.2) is 6.61 Å². The van der Waals surface area contributed by atoms with E-state index in [4.69, 9.17) is 20.8 Å². The maximum atomic E-state index is 11.9. The normalized spacial score (nSPS) is 11.5. The topological polar surface area (TPSA) is 68.5 Å². The number of benzene rings is 1. The van der Waals surface area contributed by atoms with Gasteiger partial charge in [0, 0.05) is 23.1 Å². The number of ether oxygens (including phenoxy) is 1. The zero-order valence-corrected chi connectivity index (χ0v) is 14.4. The number of fused-ring (bicyclic) bond motifs is 1. The van der Waals surface area contributed by atoms with Gasteiger partial charge in [-0.05, 0) is 38.8 Å². The van der Waals surface area contributed by atoms with E-state index in [1.165, 1.54) is 12.1 Å². The fourth-order valence-electron chi connectivity index (χ4n) is 2.08. The van der Waals surface area contributed by atoms with E-state index in [9.17, 15) is 9.59 Å². The van der Waals surface area contributed by atoms with E-state index in [-0.39, 0.29) is 18.1 Å². The predicted molar refractivity (Wildman–Crippen MR) is 90.2 cm³/mol. The van der Waals surface area contributed by atoms with Crippen molar-refractivity contribution in [3.63, 3.8) is 0 Å². The van der Waals surface area contributed by atoms with Crippen LogP contribution in [0.25, 0.3) is 11.0 Å². The summed E-state index contributed by atoms with van der Waals surface area (Å²) >= 11 is 6.18. The second kappa shape index (κ2) is 6.62. The van der Waals surface area contributed by atoms with Gasteiger partial charge in [-0.25, -0.2) is 4.79 Å². The van der Waals surface area contributed by atoms with Crippen molar-refractivity contribution in [1.82, 2.24) is 5.32 Å². The summed E-state index contributed by atoms with van der Waals surface area (Å²) in [6.45, 7) is 7.50. The van der Waals surface area contributed by atoms with Gasteiger partial charge < -0.3 is 14.5 Å². The van der Waals surface area contributed by atoms with E-state index in [1.54, 1.807) is 13.0 Å². The number of amides is 1. The zero-order valence-electron chi connectivity index (χ0n) is 13.7. The lowest BCUT2D eigenvalue weighted by Crippen LogP contribution is -2.44. The number of carbonyl (C=O) groups excluding carboxylic acids is 1. The summed E-state index contributed by atoms with van der Waals surface area (Å²) in [5.41, 5.74) is 0.416. The Morgan fingerprint density at radius 3 is 2.70 bits per heavy atom. The Morgan fingerprint density at radius 1 is 1.35 bits per heavy atom. The van der Waals surface area contributed by atoms with Crippen LogP contribution in [0.3, 0.4) is 0 Å². The first kappa shape index (κ1) is 17.3. The average molecular weight is 338 g/mol. The fraction of sp³-hybridized carbons (Fsp3) is 0.412. The first-order chi connectivity index (χ1) is 10.7. The van der Waals surface area contributed by atoms with Gasteiger partial charge in [-0.1, -0.05) is 18.5 Å². The van der Waals surface area contributed by atoms with Crippen LogP contribution in [0, 0.1) is 6.92 Å². The van der Waals surface area contributed by atoms with Gasteiger partial charge in [-0.2, -0.15) is 0 Å². The molecule has 1 N–H and O–H groups in total. The van der Waals surface area contributed by atoms with Crippen molar-refractivity contribution < 1.29 is 13.9 Å². The number of carbonyl (C=O) groups is 1. The Balaban J connectivity index is 2.19. The zero-order chi connectivity index (χ0) is 17.2. The number of nitrogens with one attached hydrogen (secondary N) is 1. The van der Waals surface area contributed by atoms with E-state index in [0.29, 0.717) is 16.4 Å². The van der Waals surface area contributed by atoms with Gasteiger partial charge in [0.05, 0.1) is 5.02 Å². The molecule has 1 aromatic heterocycles. The SMILES string of the molecule is CCC(C)(C)NC(=O)COc1cc2oc(=O)cc(C)c2cc1Cl.